The molecular formula is C17H21N3O2S. The topological polar surface area (TPSA) is 65.2 Å². The molecule has 23 heavy (non-hydrogen) atoms. The molecule has 1 aliphatic rings. The number of carbonyl (C=O) groups is 2. The van der Waals surface area contributed by atoms with Crippen molar-refractivity contribution in [2.45, 2.75) is 25.2 Å². The quantitative estimate of drug-likeness (QED) is 0.903. The maximum Gasteiger partial charge on any atom is 0.252 e. The fourth-order valence-electron chi connectivity index (χ4n) is 3.17. The molecule has 1 atom stereocenters. The number of nitrogens with zero attached hydrogens (tertiary/aromatic N) is 1. The summed E-state index contributed by atoms with van der Waals surface area (Å²) in [6.45, 7) is 1.48. The molecule has 6 heteroatoms. The van der Waals surface area contributed by atoms with Crippen LogP contribution in [0.4, 0.5) is 0 Å². The molecule has 0 bridgehead atoms. The minimum Gasteiger partial charge on any atom is -0.364 e. The summed E-state index contributed by atoms with van der Waals surface area (Å²) in [6.07, 6.45) is 4.22. The average Bonchev–Trinajstić information content (AvgIpc) is 3.25. The Kier molecular flexibility index (Phi) is 4.81. The molecule has 2 amide bonds. The second-order valence-electron chi connectivity index (χ2n) is 5.87. The van der Waals surface area contributed by atoms with E-state index in [-0.39, 0.29) is 17.7 Å². The van der Waals surface area contributed by atoms with Gasteiger partial charge >= 0.3 is 0 Å². The van der Waals surface area contributed by atoms with Crippen LogP contribution in [-0.2, 0) is 11.2 Å². The van der Waals surface area contributed by atoms with Gasteiger partial charge in [0, 0.05) is 37.9 Å². The van der Waals surface area contributed by atoms with Crippen LogP contribution in [0.5, 0.6) is 0 Å². The van der Waals surface area contributed by atoms with Crippen molar-refractivity contribution in [3.8, 4) is 0 Å². The molecule has 1 saturated heterocycles. The van der Waals surface area contributed by atoms with Crippen molar-refractivity contribution in [3.05, 3.63) is 45.9 Å². The molecule has 0 radical (unpaired) electrons. The Bertz CT molecular complexity index is 678. The van der Waals surface area contributed by atoms with Crippen molar-refractivity contribution in [3.63, 3.8) is 0 Å². The Balaban J connectivity index is 1.70. The lowest BCUT2D eigenvalue weighted by Crippen LogP contribution is -2.40. The summed E-state index contributed by atoms with van der Waals surface area (Å²) in [6, 6.07) is 3.80. The second-order valence-corrected chi connectivity index (χ2v) is 6.65. The van der Waals surface area contributed by atoms with Gasteiger partial charge in [0.1, 0.15) is 0 Å². The third-order valence-electron chi connectivity index (χ3n) is 4.37. The molecule has 1 fully saturated rings. The van der Waals surface area contributed by atoms with E-state index >= 15 is 0 Å². The first kappa shape index (κ1) is 15.8. The Morgan fingerprint density at radius 2 is 2.30 bits per heavy atom. The molecule has 3 rings (SSSR count). The molecule has 2 aromatic rings. The van der Waals surface area contributed by atoms with Crippen molar-refractivity contribution in [2.75, 3.05) is 20.1 Å². The van der Waals surface area contributed by atoms with Crippen LogP contribution in [0.3, 0.4) is 0 Å². The maximum atomic E-state index is 12.5. The van der Waals surface area contributed by atoms with Gasteiger partial charge in [-0.15, -0.1) is 0 Å². The number of amides is 2. The Morgan fingerprint density at radius 1 is 1.43 bits per heavy atom. The summed E-state index contributed by atoms with van der Waals surface area (Å²) in [7, 11) is 1.64. The highest BCUT2D eigenvalue weighted by atomic mass is 32.1. The number of H-pyrrole nitrogens is 1. The van der Waals surface area contributed by atoms with Gasteiger partial charge in [0.25, 0.3) is 5.91 Å². The van der Waals surface area contributed by atoms with Crippen molar-refractivity contribution >= 4 is 23.2 Å². The van der Waals surface area contributed by atoms with Crippen LogP contribution < -0.4 is 5.32 Å². The van der Waals surface area contributed by atoms with Gasteiger partial charge in [-0.05, 0) is 41.3 Å². The Labute approximate surface area is 139 Å². The number of piperidine rings is 1. The SMILES string of the molecule is CNC(=O)c1cc[nH]c1C1CCCN(C(=O)Cc2ccsc2)C1. The Hall–Kier alpha value is -2.08. The van der Waals surface area contributed by atoms with Gasteiger partial charge in [-0.3, -0.25) is 9.59 Å². The smallest absolute Gasteiger partial charge is 0.252 e. The molecule has 0 aromatic carbocycles. The Morgan fingerprint density at radius 3 is 3.04 bits per heavy atom. The van der Waals surface area contributed by atoms with E-state index in [9.17, 15) is 9.59 Å². The molecule has 3 heterocycles. The molecule has 0 aliphatic carbocycles. The highest BCUT2D eigenvalue weighted by Gasteiger charge is 2.28. The lowest BCUT2D eigenvalue weighted by Gasteiger charge is -2.33. The van der Waals surface area contributed by atoms with Gasteiger partial charge in [-0.1, -0.05) is 0 Å². The zero-order valence-electron chi connectivity index (χ0n) is 13.2. The number of thiophene rings is 1. The van der Waals surface area contributed by atoms with Gasteiger partial charge in [-0.2, -0.15) is 11.3 Å². The van der Waals surface area contributed by atoms with Crippen LogP contribution in [0.1, 0.15) is 40.4 Å². The van der Waals surface area contributed by atoms with Crippen molar-refractivity contribution in [1.82, 2.24) is 15.2 Å². The zero-order chi connectivity index (χ0) is 16.2. The van der Waals surface area contributed by atoms with Gasteiger partial charge < -0.3 is 15.2 Å². The van der Waals surface area contributed by atoms with E-state index in [1.165, 1.54) is 0 Å². The molecular weight excluding hydrogens is 310 g/mol. The fourth-order valence-corrected chi connectivity index (χ4v) is 3.84. The molecule has 5 nitrogen and oxygen atoms in total. The van der Waals surface area contributed by atoms with Gasteiger partial charge in [0.05, 0.1) is 12.0 Å². The van der Waals surface area contributed by atoms with E-state index < -0.39 is 0 Å². The summed E-state index contributed by atoms with van der Waals surface area (Å²) in [5.74, 6) is 0.279. The van der Waals surface area contributed by atoms with Crippen LogP contribution in [-0.4, -0.2) is 41.8 Å². The van der Waals surface area contributed by atoms with E-state index in [1.807, 2.05) is 21.7 Å². The molecule has 0 saturated carbocycles. The van der Waals surface area contributed by atoms with Gasteiger partial charge in [0.15, 0.2) is 0 Å². The summed E-state index contributed by atoms with van der Waals surface area (Å²) < 4.78 is 0. The van der Waals surface area contributed by atoms with Crippen molar-refractivity contribution in [1.29, 1.82) is 0 Å². The highest BCUT2D eigenvalue weighted by molar-refractivity contribution is 7.08. The highest BCUT2D eigenvalue weighted by Crippen LogP contribution is 2.28. The predicted molar refractivity (Wildman–Crippen MR) is 90.8 cm³/mol. The number of nitrogens with one attached hydrogen (secondary N) is 2. The van der Waals surface area contributed by atoms with Crippen LogP contribution >= 0.6 is 11.3 Å². The maximum absolute atomic E-state index is 12.5. The fraction of sp³-hybridized carbons (Fsp3) is 0.412. The third kappa shape index (κ3) is 3.47. The van der Waals surface area contributed by atoms with Crippen LogP contribution in [0, 0.1) is 0 Å². The summed E-state index contributed by atoms with van der Waals surface area (Å²) in [5.41, 5.74) is 2.70. The number of hydrogen-bond acceptors (Lipinski definition) is 3. The standard InChI is InChI=1S/C17H21N3O2S/c1-18-17(22)14-4-6-19-16(14)13-3-2-7-20(10-13)15(21)9-12-5-8-23-11-12/h4-6,8,11,13,19H,2-3,7,9-10H2,1H3,(H,18,22). The average molecular weight is 331 g/mol. The van der Waals surface area contributed by atoms with E-state index in [4.69, 9.17) is 0 Å². The van der Waals surface area contributed by atoms with Gasteiger partial charge in [0.2, 0.25) is 5.91 Å². The molecule has 122 valence electrons. The first-order chi connectivity index (χ1) is 11.2. The van der Waals surface area contributed by atoms with Crippen molar-refractivity contribution in [2.24, 2.45) is 0 Å². The monoisotopic (exact) mass is 331 g/mol. The van der Waals surface area contributed by atoms with Crippen LogP contribution in [0.15, 0.2) is 29.1 Å². The van der Waals surface area contributed by atoms with Crippen LogP contribution in [0.2, 0.25) is 0 Å². The number of likely N-dealkylation sites (tertiary alicyclic amines) is 1. The summed E-state index contributed by atoms with van der Waals surface area (Å²) >= 11 is 1.61. The van der Waals surface area contributed by atoms with Crippen LogP contribution in [0.25, 0.3) is 0 Å². The third-order valence-corrected chi connectivity index (χ3v) is 5.10. The molecule has 0 spiro atoms. The first-order valence-electron chi connectivity index (χ1n) is 7.87. The van der Waals surface area contributed by atoms with E-state index in [1.54, 1.807) is 30.6 Å². The number of aromatic nitrogens is 1. The molecule has 1 aliphatic heterocycles. The number of hydrogen-bond donors (Lipinski definition) is 2. The summed E-state index contributed by atoms with van der Waals surface area (Å²) in [4.78, 5) is 29.6. The van der Waals surface area contributed by atoms with E-state index in [2.05, 4.69) is 10.3 Å². The summed E-state index contributed by atoms with van der Waals surface area (Å²) in [5, 5.41) is 6.69. The van der Waals surface area contributed by atoms with Gasteiger partial charge in [-0.25, -0.2) is 0 Å². The molecule has 2 aromatic heterocycles. The minimum absolute atomic E-state index is 0.0806. The number of carbonyl (C=O) groups excluding carboxylic acids is 2. The lowest BCUT2D eigenvalue weighted by atomic mass is 9.92. The molecule has 1 unspecified atom stereocenters. The molecule has 2 N–H and O–H groups in total. The first-order valence-corrected chi connectivity index (χ1v) is 8.81. The van der Waals surface area contributed by atoms with Crippen molar-refractivity contribution < 1.29 is 9.59 Å². The minimum atomic E-state index is -0.0806. The van der Waals surface area contributed by atoms with E-state index in [0.717, 1.165) is 30.6 Å². The number of aromatic amines is 1. The second kappa shape index (κ2) is 7.00. The lowest BCUT2D eigenvalue weighted by molar-refractivity contribution is -0.131. The number of rotatable bonds is 4. The normalized spacial score (nSPS) is 18.0. The van der Waals surface area contributed by atoms with E-state index in [0.29, 0.717) is 18.5 Å². The predicted octanol–water partition coefficient (Wildman–Crippen LogP) is 2.38. The zero-order valence-corrected chi connectivity index (χ0v) is 14.0. The largest absolute Gasteiger partial charge is 0.364 e.